The van der Waals surface area contributed by atoms with Crippen LogP contribution in [0.1, 0.15) is 12.0 Å². The van der Waals surface area contributed by atoms with E-state index in [1.807, 2.05) is 12.1 Å². The molecule has 1 aliphatic carbocycles. The number of aromatic nitrogens is 3. The lowest BCUT2D eigenvalue weighted by atomic mass is 10.0. The van der Waals surface area contributed by atoms with E-state index in [9.17, 15) is 8.42 Å². The van der Waals surface area contributed by atoms with Crippen molar-refractivity contribution in [3.05, 3.63) is 90.7 Å². The van der Waals surface area contributed by atoms with Gasteiger partial charge in [0.15, 0.2) is 15.5 Å². The molecule has 0 unspecified atom stereocenters. The SMILES string of the molecule is CS(=O)(=O)c1ccc(-c2nc3ncccc3n2-c2ccc(C3=CC=CC3)cc2)cc1. The molecule has 0 fully saturated rings. The van der Waals surface area contributed by atoms with Crippen LogP contribution in [0.4, 0.5) is 0 Å². The van der Waals surface area contributed by atoms with Crippen LogP contribution < -0.4 is 0 Å². The van der Waals surface area contributed by atoms with Gasteiger partial charge in [0.05, 0.1) is 10.4 Å². The molecule has 0 bridgehead atoms. The molecule has 4 aromatic rings. The quantitative estimate of drug-likeness (QED) is 0.480. The molecule has 0 aliphatic heterocycles. The fourth-order valence-electron chi connectivity index (χ4n) is 3.71. The predicted octanol–water partition coefficient (Wildman–Crippen LogP) is 4.83. The van der Waals surface area contributed by atoms with E-state index in [1.54, 1.807) is 30.5 Å². The van der Waals surface area contributed by atoms with Gasteiger partial charge in [-0.1, -0.05) is 30.4 Å². The molecule has 0 amide bonds. The summed E-state index contributed by atoms with van der Waals surface area (Å²) >= 11 is 0. The predicted molar refractivity (Wildman–Crippen MR) is 119 cm³/mol. The number of hydrogen-bond acceptors (Lipinski definition) is 4. The molecule has 0 radical (unpaired) electrons. The first kappa shape index (κ1) is 18.5. The number of nitrogens with zero attached hydrogens (tertiary/aromatic N) is 3. The number of rotatable bonds is 4. The van der Waals surface area contributed by atoms with E-state index in [2.05, 4.69) is 52.0 Å². The zero-order valence-corrected chi connectivity index (χ0v) is 17.2. The minimum atomic E-state index is -3.25. The van der Waals surface area contributed by atoms with Gasteiger partial charge < -0.3 is 0 Å². The van der Waals surface area contributed by atoms with E-state index in [0.29, 0.717) is 5.65 Å². The summed E-state index contributed by atoms with van der Waals surface area (Å²) < 4.78 is 25.7. The van der Waals surface area contributed by atoms with E-state index in [4.69, 9.17) is 4.98 Å². The molecule has 148 valence electrons. The molecule has 30 heavy (non-hydrogen) atoms. The third-order valence-electron chi connectivity index (χ3n) is 5.24. The minimum Gasteiger partial charge on any atom is -0.291 e. The zero-order valence-electron chi connectivity index (χ0n) is 16.4. The molecule has 1 aliphatic rings. The van der Waals surface area contributed by atoms with Crippen LogP contribution in [0.2, 0.25) is 0 Å². The highest BCUT2D eigenvalue weighted by molar-refractivity contribution is 7.90. The molecule has 0 spiro atoms. The molecule has 6 heteroatoms. The smallest absolute Gasteiger partial charge is 0.178 e. The second-order valence-corrected chi connectivity index (χ2v) is 9.30. The largest absolute Gasteiger partial charge is 0.291 e. The van der Waals surface area contributed by atoms with Crippen molar-refractivity contribution < 1.29 is 8.42 Å². The summed E-state index contributed by atoms with van der Waals surface area (Å²) in [4.78, 5) is 9.42. The van der Waals surface area contributed by atoms with Crippen molar-refractivity contribution in [1.29, 1.82) is 0 Å². The van der Waals surface area contributed by atoms with Gasteiger partial charge in [0, 0.05) is 23.7 Å². The first-order valence-corrected chi connectivity index (χ1v) is 11.5. The van der Waals surface area contributed by atoms with Gasteiger partial charge in [-0.15, -0.1) is 0 Å². The molecule has 0 saturated carbocycles. The highest BCUT2D eigenvalue weighted by Gasteiger charge is 2.16. The maximum absolute atomic E-state index is 11.8. The zero-order chi connectivity index (χ0) is 20.7. The van der Waals surface area contributed by atoms with Gasteiger partial charge in [-0.05, 0) is 66.1 Å². The summed E-state index contributed by atoms with van der Waals surface area (Å²) in [6.45, 7) is 0. The summed E-state index contributed by atoms with van der Waals surface area (Å²) in [6, 6.07) is 19.1. The van der Waals surface area contributed by atoms with Crippen molar-refractivity contribution >= 4 is 26.6 Å². The maximum atomic E-state index is 11.8. The van der Waals surface area contributed by atoms with Crippen LogP contribution in [0.3, 0.4) is 0 Å². The van der Waals surface area contributed by atoms with Gasteiger partial charge in [0.2, 0.25) is 0 Å². The average Bonchev–Trinajstić information content (AvgIpc) is 3.41. The van der Waals surface area contributed by atoms with Crippen molar-refractivity contribution in [3.8, 4) is 17.1 Å². The number of benzene rings is 2. The first-order valence-electron chi connectivity index (χ1n) is 9.61. The van der Waals surface area contributed by atoms with Crippen LogP contribution in [-0.4, -0.2) is 29.2 Å². The van der Waals surface area contributed by atoms with E-state index < -0.39 is 9.84 Å². The molecule has 0 atom stereocenters. The highest BCUT2D eigenvalue weighted by Crippen LogP contribution is 2.30. The monoisotopic (exact) mass is 413 g/mol. The lowest BCUT2D eigenvalue weighted by Gasteiger charge is -2.11. The van der Waals surface area contributed by atoms with E-state index in [0.717, 1.165) is 29.0 Å². The van der Waals surface area contributed by atoms with Gasteiger partial charge in [-0.25, -0.2) is 18.4 Å². The highest BCUT2D eigenvalue weighted by atomic mass is 32.2. The van der Waals surface area contributed by atoms with Crippen LogP contribution in [0.25, 0.3) is 33.8 Å². The molecule has 5 nitrogen and oxygen atoms in total. The number of allylic oxidation sites excluding steroid dienone is 4. The molecule has 5 rings (SSSR count). The van der Waals surface area contributed by atoms with Crippen molar-refractivity contribution in [2.75, 3.05) is 6.26 Å². The minimum absolute atomic E-state index is 0.287. The second kappa shape index (κ2) is 7.07. The van der Waals surface area contributed by atoms with E-state index in [1.165, 1.54) is 17.4 Å². The third kappa shape index (κ3) is 3.25. The fraction of sp³-hybridized carbons (Fsp3) is 0.0833. The Kier molecular flexibility index (Phi) is 4.37. The fourth-order valence-corrected chi connectivity index (χ4v) is 4.34. The first-order chi connectivity index (χ1) is 14.5. The Morgan fingerprint density at radius 3 is 2.33 bits per heavy atom. The number of imidazole rings is 1. The molecule has 0 N–H and O–H groups in total. The van der Waals surface area contributed by atoms with Gasteiger partial charge in [-0.3, -0.25) is 4.57 Å². The summed E-state index contributed by atoms with van der Waals surface area (Å²) in [5, 5.41) is 0. The van der Waals surface area contributed by atoms with Gasteiger partial charge >= 0.3 is 0 Å². The molecule has 2 aromatic carbocycles. The number of pyridine rings is 1. The molecule has 0 saturated heterocycles. The Bertz CT molecular complexity index is 1410. The molecular formula is C24H19N3O2S. The van der Waals surface area contributed by atoms with E-state index >= 15 is 0 Å². The van der Waals surface area contributed by atoms with Crippen LogP contribution >= 0.6 is 0 Å². The summed E-state index contributed by atoms with van der Waals surface area (Å²) in [6.07, 6.45) is 10.2. The molecule has 2 aromatic heterocycles. The van der Waals surface area contributed by atoms with Crippen LogP contribution in [0, 0.1) is 0 Å². The van der Waals surface area contributed by atoms with Gasteiger partial charge in [-0.2, -0.15) is 0 Å². The normalized spacial score (nSPS) is 13.7. The molecule has 2 heterocycles. The Labute approximate surface area is 175 Å². The third-order valence-corrected chi connectivity index (χ3v) is 6.37. The number of fused-ring (bicyclic) bond motifs is 1. The summed E-state index contributed by atoms with van der Waals surface area (Å²) in [7, 11) is -3.25. The Balaban J connectivity index is 1.64. The van der Waals surface area contributed by atoms with Crippen molar-refractivity contribution in [2.24, 2.45) is 0 Å². The van der Waals surface area contributed by atoms with Crippen molar-refractivity contribution in [1.82, 2.24) is 14.5 Å². The van der Waals surface area contributed by atoms with Gasteiger partial charge in [0.1, 0.15) is 5.82 Å². The van der Waals surface area contributed by atoms with Crippen molar-refractivity contribution in [3.63, 3.8) is 0 Å². The summed E-state index contributed by atoms with van der Waals surface area (Å²) in [5.41, 5.74) is 5.84. The summed E-state index contributed by atoms with van der Waals surface area (Å²) in [5.74, 6) is 0.721. The second-order valence-electron chi connectivity index (χ2n) is 7.28. The van der Waals surface area contributed by atoms with Crippen LogP contribution in [0.5, 0.6) is 0 Å². The van der Waals surface area contributed by atoms with Crippen LogP contribution in [-0.2, 0) is 9.84 Å². The van der Waals surface area contributed by atoms with Gasteiger partial charge in [0.25, 0.3) is 0 Å². The Morgan fingerprint density at radius 2 is 1.67 bits per heavy atom. The Morgan fingerprint density at radius 1 is 0.933 bits per heavy atom. The number of sulfone groups is 1. The number of hydrogen-bond donors (Lipinski definition) is 0. The standard InChI is InChI=1S/C24H19N3O2S/c1-30(28,29)21-14-10-19(11-15-21)24-26-23-22(7-4-16-25-23)27(24)20-12-8-18(9-13-20)17-5-2-3-6-17/h2-5,7-16H,6H2,1H3. The van der Waals surface area contributed by atoms with E-state index in [-0.39, 0.29) is 4.90 Å². The lowest BCUT2D eigenvalue weighted by molar-refractivity contribution is 0.602. The maximum Gasteiger partial charge on any atom is 0.178 e. The average molecular weight is 414 g/mol. The van der Waals surface area contributed by atoms with Crippen molar-refractivity contribution in [2.45, 2.75) is 11.3 Å². The molecular weight excluding hydrogens is 394 g/mol. The Hall–Kier alpha value is -3.51. The lowest BCUT2D eigenvalue weighted by Crippen LogP contribution is -1.99. The topological polar surface area (TPSA) is 64.8 Å². The van der Waals surface area contributed by atoms with Crippen LogP contribution in [0.15, 0.2) is 90.0 Å².